The Labute approximate surface area is 285 Å². The molecule has 2 heterocycles. The lowest BCUT2D eigenvalue weighted by atomic mass is 9.96. The van der Waals surface area contributed by atoms with Crippen LogP contribution in [0.25, 0.3) is 6.08 Å². The number of hydrogen-bond acceptors (Lipinski definition) is 9. The van der Waals surface area contributed by atoms with E-state index in [0.717, 1.165) is 5.56 Å². The van der Waals surface area contributed by atoms with Gasteiger partial charge in [-0.25, -0.2) is 14.6 Å². The third kappa shape index (κ3) is 7.30. The molecule has 0 radical (unpaired) electrons. The van der Waals surface area contributed by atoms with Crippen molar-refractivity contribution < 1.29 is 28.5 Å². The molecule has 5 rings (SSSR count). The molecule has 12 heteroatoms. The summed E-state index contributed by atoms with van der Waals surface area (Å²) in [6.45, 7) is 8.01. The van der Waals surface area contributed by atoms with Crippen molar-refractivity contribution in [3.63, 3.8) is 0 Å². The van der Waals surface area contributed by atoms with Gasteiger partial charge in [-0.2, -0.15) is 0 Å². The van der Waals surface area contributed by atoms with Gasteiger partial charge in [-0.15, -0.1) is 0 Å². The van der Waals surface area contributed by atoms with Gasteiger partial charge >= 0.3 is 11.9 Å². The van der Waals surface area contributed by atoms with Crippen LogP contribution >= 0.6 is 34.5 Å². The fraction of sp³-hybridized carbons (Fsp3) is 0.257. The zero-order valence-electron chi connectivity index (χ0n) is 26.2. The van der Waals surface area contributed by atoms with E-state index in [-0.39, 0.29) is 29.4 Å². The lowest BCUT2D eigenvalue weighted by molar-refractivity contribution is -0.139. The number of thiazole rings is 1. The number of nitrogens with zero attached hydrogens (tertiary/aromatic N) is 2. The number of fused-ring (bicyclic) bond motifs is 1. The van der Waals surface area contributed by atoms with Gasteiger partial charge in [-0.3, -0.25) is 9.36 Å². The minimum Gasteiger partial charge on any atom is -0.490 e. The van der Waals surface area contributed by atoms with Crippen molar-refractivity contribution >= 4 is 52.6 Å². The van der Waals surface area contributed by atoms with Crippen LogP contribution in [-0.4, -0.2) is 36.3 Å². The molecule has 4 aromatic rings. The van der Waals surface area contributed by atoms with Gasteiger partial charge in [0.15, 0.2) is 16.3 Å². The predicted molar refractivity (Wildman–Crippen MR) is 181 cm³/mol. The number of allylic oxidation sites excluding steroid dienone is 1. The lowest BCUT2D eigenvalue weighted by Gasteiger charge is -2.25. The molecule has 9 nitrogen and oxygen atoms in total. The number of carbonyl (C=O) groups is 2. The van der Waals surface area contributed by atoms with Crippen molar-refractivity contribution in [1.29, 1.82) is 0 Å². The highest BCUT2D eigenvalue weighted by Gasteiger charge is 2.34. The minimum absolute atomic E-state index is 0.166. The number of carbonyl (C=O) groups excluding carboxylic acids is 2. The Morgan fingerprint density at radius 3 is 2.30 bits per heavy atom. The molecule has 3 aromatic carbocycles. The average molecular weight is 696 g/mol. The van der Waals surface area contributed by atoms with Crippen molar-refractivity contribution in [2.24, 2.45) is 4.99 Å². The standard InChI is InChI=1S/C35H32Cl2N2O7S/c1-5-43-27-17-22(16-26(37)31(27)46-19-21-12-14-23(15-13-21)33(41)44-6-2)18-28-32(40)39-30(24-10-8-9-11-25(24)36)29(34(42)45-7-3)20(4)38-35(39)47-28/h8-18,30H,5-7,19H2,1-4H3/b28-18-/t30-/m1/s1. The summed E-state index contributed by atoms with van der Waals surface area (Å²) in [5.74, 6) is -0.211. The third-order valence-corrected chi connectivity index (χ3v) is 8.80. The molecule has 1 aliphatic heterocycles. The smallest absolute Gasteiger partial charge is 0.338 e. The monoisotopic (exact) mass is 694 g/mol. The molecular weight excluding hydrogens is 663 g/mol. The third-order valence-electron chi connectivity index (χ3n) is 7.19. The van der Waals surface area contributed by atoms with Crippen molar-refractivity contribution in [2.75, 3.05) is 19.8 Å². The van der Waals surface area contributed by atoms with E-state index in [0.29, 0.717) is 61.5 Å². The van der Waals surface area contributed by atoms with E-state index in [4.69, 9.17) is 42.1 Å². The first-order chi connectivity index (χ1) is 22.7. The highest BCUT2D eigenvalue weighted by atomic mass is 35.5. The molecule has 1 aromatic heterocycles. The summed E-state index contributed by atoms with van der Waals surface area (Å²) in [5, 5.41) is 0.690. The second kappa shape index (κ2) is 15.0. The van der Waals surface area contributed by atoms with Gasteiger partial charge in [0.25, 0.3) is 5.56 Å². The number of esters is 2. The topological polar surface area (TPSA) is 105 Å². The minimum atomic E-state index is -0.828. The molecule has 0 unspecified atom stereocenters. The molecule has 1 atom stereocenters. The molecule has 0 fully saturated rings. The van der Waals surface area contributed by atoms with Crippen LogP contribution in [0.15, 0.2) is 81.7 Å². The molecule has 0 bridgehead atoms. The first-order valence-electron chi connectivity index (χ1n) is 15.0. The van der Waals surface area contributed by atoms with E-state index in [1.807, 2.05) is 6.92 Å². The SMILES string of the molecule is CCOC(=O)C1=C(C)N=c2s/c(=C\c3cc(Cl)c(OCc4ccc(C(=O)OCC)cc4)c(OCC)c3)c(=O)n2[C@@H]1c1ccccc1Cl. The van der Waals surface area contributed by atoms with Crippen LogP contribution in [0.2, 0.25) is 10.0 Å². The number of ether oxygens (including phenoxy) is 4. The molecule has 0 saturated heterocycles. The van der Waals surface area contributed by atoms with E-state index in [1.165, 1.54) is 15.9 Å². The maximum absolute atomic E-state index is 14.0. The van der Waals surface area contributed by atoms with E-state index >= 15 is 0 Å². The number of aromatic nitrogens is 1. The Hall–Kier alpha value is -4.38. The maximum atomic E-state index is 14.0. The summed E-state index contributed by atoms with van der Waals surface area (Å²) < 4.78 is 24.2. The number of hydrogen-bond donors (Lipinski definition) is 0. The van der Waals surface area contributed by atoms with Gasteiger partial charge in [-0.05, 0) is 80.8 Å². The van der Waals surface area contributed by atoms with Crippen molar-refractivity contribution in [2.45, 2.75) is 40.3 Å². The van der Waals surface area contributed by atoms with Gasteiger partial charge < -0.3 is 18.9 Å². The molecular formula is C35H32Cl2N2O7S. The van der Waals surface area contributed by atoms with Crippen LogP contribution in [0.5, 0.6) is 11.5 Å². The summed E-state index contributed by atoms with van der Waals surface area (Å²) in [5.41, 5.74) is 2.78. The summed E-state index contributed by atoms with van der Waals surface area (Å²) in [6, 6.07) is 16.6. The van der Waals surface area contributed by atoms with Gasteiger partial charge in [-0.1, -0.05) is 64.9 Å². The van der Waals surface area contributed by atoms with Crippen molar-refractivity contribution in [3.05, 3.63) is 124 Å². The fourth-order valence-corrected chi connectivity index (χ4v) is 6.67. The van der Waals surface area contributed by atoms with Crippen LogP contribution in [0.4, 0.5) is 0 Å². The van der Waals surface area contributed by atoms with Crippen LogP contribution < -0.4 is 24.4 Å². The van der Waals surface area contributed by atoms with Gasteiger partial charge in [0.2, 0.25) is 0 Å². The normalized spacial score (nSPS) is 14.3. The molecule has 244 valence electrons. The maximum Gasteiger partial charge on any atom is 0.338 e. The Morgan fingerprint density at radius 1 is 0.915 bits per heavy atom. The Morgan fingerprint density at radius 2 is 1.62 bits per heavy atom. The molecule has 1 aliphatic rings. The van der Waals surface area contributed by atoms with Crippen LogP contribution in [0.1, 0.15) is 60.8 Å². The molecule has 0 aliphatic carbocycles. The first-order valence-corrected chi connectivity index (χ1v) is 16.5. The van der Waals surface area contributed by atoms with Gasteiger partial charge in [0, 0.05) is 5.02 Å². The summed E-state index contributed by atoms with van der Waals surface area (Å²) in [4.78, 5) is 44.2. The summed E-state index contributed by atoms with van der Waals surface area (Å²) in [7, 11) is 0. The van der Waals surface area contributed by atoms with Crippen LogP contribution in [-0.2, 0) is 20.9 Å². The highest BCUT2D eigenvalue weighted by Crippen LogP contribution is 2.38. The summed E-state index contributed by atoms with van der Waals surface area (Å²) in [6.07, 6.45) is 1.70. The second-order valence-electron chi connectivity index (χ2n) is 10.3. The number of benzene rings is 3. The first kappa shape index (κ1) is 34.0. The Bertz CT molecular complexity index is 2030. The van der Waals surface area contributed by atoms with E-state index in [9.17, 15) is 14.4 Å². The Balaban J connectivity index is 1.52. The molecule has 0 spiro atoms. The fourth-order valence-electron chi connectivity index (χ4n) is 5.12. The highest BCUT2D eigenvalue weighted by molar-refractivity contribution is 7.07. The van der Waals surface area contributed by atoms with Gasteiger partial charge in [0.05, 0.1) is 46.2 Å². The number of halogens is 2. The lowest BCUT2D eigenvalue weighted by Crippen LogP contribution is -2.40. The average Bonchev–Trinajstić information content (AvgIpc) is 3.34. The quantitative estimate of drug-likeness (QED) is 0.171. The van der Waals surface area contributed by atoms with Crippen LogP contribution in [0.3, 0.4) is 0 Å². The zero-order valence-corrected chi connectivity index (χ0v) is 28.5. The molecule has 0 amide bonds. The van der Waals surface area contributed by atoms with Crippen LogP contribution in [0, 0.1) is 0 Å². The second-order valence-corrected chi connectivity index (χ2v) is 12.1. The summed E-state index contributed by atoms with van der Waals surface area (Å²) >= 11 is 14.5. The zero-order chi connectivity index (χ0) is 33.7. The van der Waals surface area contributed by atoms with Crippen molar-refractivity contribution in [3.8, 4) is 11.5 Å². The van der Waals surface area contributed by atoms with E-state index < -0.39 is 18.0 Å². The van der Waals surface area contributed by atoms with Crippen molar-refractivity contribution in [1.82, 2.24) is 4.57 Å². The van der Waals surface area contributed by atoms with E-state index in [1.54, 1.807) is 87.5 Å². The number of rotatable bonds is 11. The Kier molecular flexibility index (Phi) is 10.9. The van der Waals surface area contributed by atoms with E-state index in [2.05, 4.69) is 4.99 Å². The largest absolute Gasteiger partial charge is 0.490 e. The predicted octanol–water partition coefficient (Wildman–Crippen LogP) is 6.26. The molecule has 47 heavy (non-hydrogen) atoms. The van der Waals surface area contributed by atoms with Gasteiger partial charge in [0.1, 0.15) is 12.6 Å². The molecule has 0 saturated carbocycles. The molecule has 0 N–H and O–H groups in total.